The predicted molar refractivity (Wildman–Crippen MR) is 81.7 cm³/mol. The van der Waals surface area contributed by atoms with Gasteiger partial charge in [0.15, 0.2) is 0 Å². The average Bonchev–Trinajstić information content (AvgIpc) is 2.64. The van der Waals surface area contributed by atoms with E-state index in [1.807, 2.05) is 42.5 Å². The van der Waals surface area contributed by atoms with E-state index in [0.717, 1.165) is 48.6 Å². The number of aliphatic hydroxyl groups is 1. The molecule has 1 unspecified atom stereocenters. The average molecular weight is 281 g/mol. The number of rotatable bonds is 0. The number of ether oxygens (including phenoxy) is 1. The topological polar surface area (TPSA) is 41.5 Å². The van der Waals surface area contributed by atoms with Crippen LogP contribution in [-0.2, 0) is 5.41 Å². The summed E-state index contributed by atoms with van der Waals surface area (Å²) in [6, 6.07) is 16.0. The monoisotopic (exact) mass is 281 g/mol. The maximum Gasteiger partial charge on any atom is 0.133 e. The fourth-order valence-electron chi connectivity index (χ4n) is 3.75. The van der Waals surface area contributed by atoms with Crippen molar-refractivity contribution >= 4 is 0 Å². The summed E-state index contributed by atoms with van der Waals surface area (Å²) in [6.07, 6.45) is 1.31. The number of fused-ring (bicyclic) bond motifs is 3. The van der Waals surface area contributed by atoms with E-state index in [9.17, 15) is 5.11 Å². The second kappa shape index (κ2) is 4.86. The van der Waals surface area contributed by atoms with Crippen molar-refractivity contribution in [2.45, 2.75) is 24.4 Å². The van der Waals surface area contributed by atoms with Crippen molar-refractivity contribution in [2.75, 3.05) is 13.1 Å². The first-order valence-electron chi connectivity index (χ1n) is 7.56. The van der Waals surface area contributed by atoms with Crippen molar-refractivity contribution in [3.05, 3.63) is 59.7 Å². The van der Waals surface area contributed by atoms with Crippen LogP contribution in [0.1, 0.15) is 30.1 Å². The lowest BCUT2D eigenvalue weighted by atomic mass is 9.67. The van der Waals surface area contributed by atoms with Gasteiger partial charge in [-0.25, -0.2) is 0 Å². The molecule has 0 bridgehead atoms. The number of benzene rings is 2. The fourth-order valence-corrected chi connectivity index (χ4v) is 3.75. The maximum absolute atomic E-state index is 11.2. The molecular weight excluding hydrogens is 262 g/mol. The summed E-state index contributed by atoms with van der Waals surface area (Å²) in [5.74, 6) is 1.65. The third-order valence-corrected chi connectivity index (χ3v) is 4.88. The highest BCUT2D eigenvalue weighted by atomic mass is 16.5. The number of piperidine rings is 1. The first kappa shape index (κ1) is 12.9. The molecule has 1 spiro atoms. The fraction of sp³-hybridized carbons (Fsp3) is 0.333. The predicted octanol–water partition coefficient (Wildman–Crippen LogP) is 3.15. The highest BCUT2D eigenvalue weighted by Gasteiger charge is 2.45. The van der Waals surface area contributed by atoms with Gasteiger partial charge < -0.3 is 15.2 Å². The Labute approximate surface area is 124 Å². The molecule has 4 rings (SSSR count). The van der Waals surface area contributed by atoms with Crippen LogP contribution in [0.25, 0.3) is 0 Å². The molecule has 108 valence electrons. The van der Waals surface area contributed by atoms with Crippen LogP contribution in [0, 0.1) is 0 Å². The largest absolute Gasteiger partial charge is 0.457 e. The van der Waals surface area contributed by atoms with E-state index in [1.165, 1.54) is 0 Å². The Balaban J connectivity index is 1.96. The summed E-state index contributed by atoms with van der Waals surface area (Å²) in [5, 5.41) is 14.6. The summed E-state index contributed by atoms with van der Waals surface area (Å²) >= 11 is 0. The summed E-state index contributed by atoms with van der Waals surface area (Å²) in [5.41, 5.74) is 1.78. The van der Waals surface area contributed by atoms with Gasteiger partial charge in [-0.1, -0.05) is 36.4 Å². The van der Waals surface area contributed by atoms with Crippen molar-refractivity contribution in [1.82, 2.24) is 5.32 Å². The van der Waals surface area contributed by atoms with Crippen LogP contribution in [0.15, 0.2) is 48.5 Å². The first-order chi connectivity index (χ1) is 10.3. The molecule has 2 aromatic rings. The molecule has 0 amide bonds. The number of hydrogen-bond donors (Lipinski definition) is 2. The normalized spacial score (nSPS) is 22.8. The number of aliphatic hydroxyl groups excluding tert-OH is 1. The second-order valence-corrected chi connectivity index (χ2v) is 5.94. The number of hydrogen-bond acceptors (Lipinski definition) is 3. The number of para-hydroxylation sites is 2. The standard InChI is InChI=1S/C18H19NO2/c20-17-13-5-1-3-7-15(13)21-16-8-4-2-6-14(16)18(17)9-11-19-12-10-18/h1-8,17,19-20H,9-12H2. The van der Waals surface area contributed by atoms with Gasteiger partial charge in [-0.15, -0.1) is 0 Å². The van der Waals surface area contributed by atoms with Gasteiger partial charge in [-0.05, 0) is 38.1 Å². The SMILES string of the molecule is OC1c2ccccc2Oc2ccccc2C12CCNCC2. The molecule has 2 heterocycles. The molecule has 1 fully saturated rings. The molecule has 21 heavy (non-hydrogen) atoms. The van der Waals surface area contributed by atoms with E-state index < -0.39 is 6.10 Å². The van der Waals surface area contributed by atoms with Gasteiger partial charge >= 0.3 is 0 Å². The highest BCUT2D eigenvalue weighted by Crippen LogP contribution is 2.52. The Morgan fingerprint density at radius 1 is 0.952 bits per heavy atom. The molecule has 2 aliphatic heterocycles. The smallest absolute Gasteiger partial charge is 0.133 e. The van der Waals surface area contributed by atoms with E-state index in [-0.39, 0.29) is 5.41 Å². The lowest BCUT2D eigenvalue weighted by molar-refractivity contribution is 0.0586. The van der Waals surface area contributed by atoms with Crippen LogP contribution in [0.3, 0.4) is 0 Å². The van der Waals surface area contributed by atoms with Gasteiger partial charge in [0.1, 0.15) is 11.5 Å². The van der Waals surface area contributed by atoms with E-state index in [2.05, 4.69) is 11.4 Å². The summed E-state index contributed by atoms with van der Waals surface area (Å²) < 4.78 is 6.12. The Kier molecular flexibility index (Phi) is 2.98. The Morgan fingerprint density at radius 3 is 2.43 bits per heavy atom. The van der Waals surface area contributed by atoms with Crippen molar-refractivity contribution in [3.8, 4) is 11.5 Å². The Morgan fingerprint density at radius 2 is 1.62 bits per heavy atom. The maximum atomic E-state index is 11.2. The minimum atomic E-state index is -0.528. The molecule has 2 aliphatic rings. The molecule has 3 nitrogen and oxygen atoms in total. The van der Waals surface area contributed by atoms with Gasteiger partial charge in [0.25, 0.3) is 0 Å². The molecule has 1 atom stereocenters. The van der Waals surface area contributed by atoms with E-state index in [1.54, 1.807) is 0 Å². The molecule has 2 N–H and O–H groups in total. The third-order valence-electron chi connectivity index (χ3n) is 4.88. The van der Waals surface area contributed by atoms with E-state index >= 15 is 0 Å². The zero-order valence-electron chi connectivity index (χ0n) is 11.9. The molecule has 0 saturated carbocycles. The quantitative estimate of drug-likeness (QED) is 0.779. The Bertz CT molecular complexity index is 662. The van der Waals surface area contributed by atoms with Crippen LogP contribution in [0.4, 0.5) is 0 Å². The van der Waals surface area contributed by atoms with Gasteiger partial charge in [-0.3, -0.25) is 0 Å². The minimum absolute atomic E-state index is 0.256. The molecule has 2 aromatic carbocycles. The van der Waals surface area contributed by atoms with Gasteiger partial charge in [0, 0.05) is 16.5 Å². The van der Waals surface area contributed by atoms with Crippen LogP contribution in [0.2, 0.25) is 0 Å². The molecule has 0 radical (unpaired) electrons. The van der Waals surface area contributed by atoms with Crippen molar-refractivity contribution in [3.63, 3.8) is 0 Å². The first-order valence-corrected chi connectivity index (χ1v) is 7.56. The lowest BCUT2D eigenvalue weighted by Gasteiger charge is -2.41. The zero-order chi connectivity index (χ0) is 14.3. The third kappa shape index (κ3) is 1.88. The molecular formula is C18H19NO2. The molecule has 0 aromatic heterocycles. The number of nitrogens with one attached hydrogen (secondary N) is 1. The zero-order valence-corrected chi connectivity index (χ0v) is 11.9. The summed E-state index contributed by atoms with van der Waals surface area (Å²) in [7, 11) is 0. The lowest BCUT2D eigenvalue weighted by Crippen LogP contribution is -2.43. The van der Waals surface area contributed by atoms with Gasteiger partial charge in [0.05, 0.1) is 6.10 Å². The Hall–Kier alpha value is -1.84. The van der Waals surface area contributed by atoms with Gasteiger partial charge in [0.2, 0.25) is 0 Å². The summed E-state index contributed by atoms with van der Waals surface area (Å²) in [4.78, 5) is 0. The summed E-state index contributed by atoms with van der Waals surface area (Å²) in [6.45, 7) is 1.85. The van der Waals surface area contributed by atoms with Crippen LogP contribution in [0.5, 0.6) is 11.5 Å². The van der Waals surface area contributed by atoms with Crippen LogP contribution >= 0.6 is 0 Å². The second-order valence-electron chi connectivity index (χ2n) is 5.94. The van der Waals surface area contributed by atoms with Crippen molar-refractivity contribution < 1.29 is 9.84 Å². The van der Waals surface area contributed by atoms with Gasteiger partial charge in [-0.2, -0.15) is 0 Å². The van der Waals surface area contributed by atoms with Crippen LogP contribution < -0.4 is 10.1 Å². The van der Waals surface area contributed by atoms with Crippen molar-refractivity contribution in [2.24, 2.45) is 0 Å². The van der Waals surface area contributed by atoms with Crippen LogP contribution in [-0.4, -0.2) is 18.2 Å². The minimum Gasteiger partial charge on any atom is -0.457 e. The molecule has 0 aliphatic carbocycles. The van der Waals surface area contributed by atoms with E-state index in [4.69, 9.17) is 4.74 Å². The molecule has 3 heteroatoms. The van der Waals surface area contributed by atoms with Crippen molar-refractivity contribution in [1.29, 1.82) is 0 Å². The highest BCUT2D eigenvalue weighted by molar-refractivity contribution is 5.51. The molecule has 1 saturated heterocycles. The van der Waals surface area contributed by atoms with E-state index in [0.29, 0.717) is 0 Å².